The van der Waals surface area contributed by atoms with Crippen molar-refractivity contribution in [3.05, 3.63) is 71.8 Å². The first-order chi connectivity index (χ1) is 11.7. The molecule has 0 saturated carbocycles. The predicted octanol–water partition coefficient (Wildman–Crippen LogP) is 6.89. The fourth-order valence-electron chi connectivity index (χ4n) is 3.51. The maximum atomic E-state index is 4.82. The molecular formula is C22H16NP. The molecule has 5 rings (SSSR count). The number of aromatic nitrogens is 1. The summed E-state index contributed by atoms with van der Waals surface area (Å²) in [6.45, 7) is 4.28. The molecule has 0 amide bonds. The monoisotopic (exact) mass is 325 g/mol. The lowest BCUT2D eigenvalue weighted by Gasteiger charge is -2.08. The molecule has 114 valence electrons. The molecule has 0 bridgehead atoms. The minimum Gasteiger partial charge on any atom is -0.227 e. The number of nitrogens with zero attached hydrogens (tertiary/aromatic N) is 1. The van der Waals surface area contributed by atoms with Crippen molar-refractivity contribution < 1.29 is 0 Å². The van der Waals surface area contributed by atoms with Gasteiger partial charge in [-0.15, -0.1) is 0 Å². The van der Waals surface area contributed by atoms with Gasteiger partial charge < -0.3 is 0 Å². The van der Waals surface area contributed by atoms with E-state index in [2.05, 4.69) is 74.5 Å². The molecule has 0 aliphatic rings. The van der Waals surface area contributed by atoms with Crippen molar-refractivity contribution in [2.45, 2.75) is 13.8 Å². The second-order valence-corrected chi connectivity index (χ2v) is 7.52. The number of benzene rings is 4. The van der Waals surface area contributed by atoms with Gasteiger partial charge in [0.1, 0.15) is 0 Å². The van der Waals surface area contributed by atoms with Crippen molar-refractivity contribution in [3.63, 3.8) is 0 Å². The fourth-order valence-corrected chi connectivity index (χ4v) is 4.39. The molecule has 0 unspecified atom stereocenters. The van der Waals surface area contributed by atoms with E-state index >= 15 is 0 Å². The molecule has 0 aliphatic heterocycles. The highest BCUT2D eigenvalue weighted by atomic mass is 31.0. The lowest BCUT2D eigenvalue weighted by atomic mass is 10.0. The number of hydrogen-bond donors (Lipinski definition) is 0. The largest absolute Gasteiger partial charge is 0.227 e. The van der Waals surface area contributed by atoms with E-state index in [0.717, 1.165) is 13.9 Å². The Morgan fingerprint density at radius 2 is 1.25 bits per heavy atom. The average molecular weight is 325 g/mol. The summed E-state index contributed by atoms with van der Waals surface area (Å²) >= 11 is 0. The molecule has 2 heteroatoms. The highest BCUT2D eigenvalue weighted by molar-refractivity contribution is 7.32. The van der Waals surface area contributed by atoms with Gasteiger partial charge in [0, 0.05) is 18.9 Å². The average Bonchev–Trinajstić information content (AvgIpc) is 2.58. The Bertz CT molecular complexity index is 1170. The van der Waals surface area contributed by atoms with Crippen LogP contribution >= 0.6 is 8.35 Å². The molecule has 0 spiro atoms. The van der Waals surface area contributed by atoms with Crippen LogP contribution < -0.4 is 0 Å². The molecule has 1 aromatic heterocycles. The van der Waals surface area contributed by atoms with Crippen LogP contribution in [0.15, 0.2) is 60.7 Å². The summed E-state index contributed by atoms with van der Waals surface area (Å²) in [7, 11) is 1.04. The van der Waals surface area contributed by atoms with Crippen LogP contribution in [0.25, 0.3) is 43.0 Å². The van der Waals surface area contributed by atoms with Gasteiger partial charge in [-0.05, 0) is 65.0 Å². The fraction of sp³-hybridized carbons (Fsp3) is 0.0909. The van der Waals surface area contributed by atoms with Crippen LogP contribution in [0.4, 0.5) is 0 Å². The Labute approximate surface area is 142 Å². The Morgan fingerprint density at radius 1 is 0.625 bits per heavy atom. The van der Waals surface area contributed by atoms with Crippen LogP contribution in [0, 0.1) is 13.8 Å². The molecule has 4 aromatic carbocycles. The molecule has 5 aromatic rings. The maximum absolute atomic E-state index is 4.82. The molecule has 0 radical (unpaired) electrons. The summed E-state index contributed by atoms with van der Waals surface area (Å²) in [6, 6.07) is 22.4. The van der Waals surface area contributed by atoms with Crippen molar-refractivity contribution >= 4 is 51.3 Å². The standard InChI is InChI=1S/C22H16NP/c1-13-3-5-15-9-19-20-10-16-6-4-14(2)8-18(16)12-22(20)24-23-21(19)11-17(15)7-13/h3-12H,1-2H3. The van der Waals surface area contributed by atoms with E-state index in [-0.39, 0.29) is 0 Å². The highest BCUT2D eigenvalue weighted by Gasteiger charge is 2.07. The summed E-state index contributed by atoms with van der Waals surface area (Å²) in [4.78, 5) is 0. The van der Waals surface area contributed by atoms with Crippen molar-refractivity contribution in [2.75, 3.05) is 0 Å². The summed E-state index contributed by atoms with van der Waals surface area (Å²) < 4.78 is 4.82. The molecule has 0 atom stereocenters. The lowest BCUT2D eigenvalue weighted by Crippen LogP contribution is -1.83. The molecule has 1 nitrogen and oxygen atoms in total. The molecule has 0 aliphatic carbocycles. The first kappa shape index (κ1) is 13.9. The lowest BCUT2D eigenvalue weighted by molar-refractivity contribution is 1.51. The van der Waals surface area contributed by atoms with Crippen molar-refractivity contribution in [3.8, 4) is 0 Å². The first-order valence-electron chi connectivity index (χ1n) is 8.18. The van der Waals surface area contributed by atoms with E-state index in [1.165, 1.54) is 48.6 Å². The van der Waals surface area contributed by atoms with E-state index in [9.17, 15) is 0 Å². The summed E-state index contributed by atoms with van der Waals surface area (Å²) in [5.41, 5.74) is 3.69. The van der Waals surface area contributed by atoms with Gasteiger partial charge >= 0.3 is 0 Å². The van der Waals surface area contributed by atoms with Gasteiger partial charge in [0.25, 0.3) is 0 Å². The second-order valence-electron chi connectivity index (χ2n) is 6.64. The Hall–Kier alpha value is -2.50. The third-order valence-corrected chi connectivity index (χ3v) is 5.68. The van der Waals surface area contributed by atoms with Gasteiger partial charge in [0.15, 0.2) is 0 Å². The van der Waals surface area contributed by atoms with Crippen LogP contribution in [0.5, 0.6) is 0 Å². The van der Waals surface area contributed by atoms with Crippen molar-refractivity contribution in [1.82, 2.24) is 4.75 Å². The van der Waals surface area contributed by atoms with Gasteiger partial charge in [-0.3, -0.25) is 0 Å². The SMILES string of the molecule is Cc1ccc2cc3c(cc2c1)npc1cc2cc(C)ccc2cc13. The summed E-state index contributed by atoms with van der Waals surface area (Å²) in [6.07, 6.45) is 0. The zero-order valence-corrected chi connectivity index (χ0v) is 14.6. The quantitative estimate of drug-likeness (QED) is 0.223. The van der Waals surface area contributed by atoms with Gasteiger partial charge in [-0.25, -0.2) is 4.75 Å². The summed E-state index contributed by atoms with van der Waals surface area (Å²) in [5.74, 6) is 0. The zero-order chi connectivity index (χ0) is 16.3. The topological polar surface area (TPSA) is 12.9 Å². The first-order valence-corrected chi connectivity index (χ1v) is 9.03. The number of aryl methyl sites for hydroxylation is 2. The zero-order valence-electron chi connectivity index (χ0n) is 13.7. The van der Waals surface area contributed by atoms with Crippen LogP contribution in [-0.4, -0.2) is 4.75 Å². The van der Waals surface area contributed by atoms with E-state index in [1.807, 2.05) is 0 Å². The van der Waals surface area contributed by atoms with Crippen molar-refractivity contribution in [2.24, 2.45) is 0 Å². The van der Waals surface area contributed by atoms with Crippen LogP contribution in [0.1, 0.15) is 11.1 Å². The van der Waals surface area contributed by atoms with E-state index in [1.54, 1.807) is 0 Å². The van der Waals surface area contributed by atoms with E-state index < -0.39 is 0 Å². The highest BCUT2D eigenvalue weighted by Crippen LogP contribution is 2.35. The number of rotatable bonds is 0. The molecule has 24 heavy (non-hydrogen) atoms. The van der Waals surface area contributed by atoms with Gasteiger partial charge in [0.2, 0.25) is 0 Å². The molecule has 1 heterocycles. The molecule has 0 saturated heterocycles. The normalized spacial score (nSPS) is 12.1. The van der Waals surface area contributed by atoms with Crippen LogP contribution in [0.2, 0.25) is 0 Å². The number of fused-ring (bicyclic) bond motifs is 5. The van der Waals surface area contributed by atoms with Gasteiger partial charge in [-0.1, -0.05) is 47.5 Å². The van der Waals surface area contributed by atoms with E-state index in [4.69, 9.17) is 4.75 Å². The minimum atomic E-state index is 1.04. The molecule has 0 fully saturated rings. The Morgan fingerprint density at radius 3 is 1.96 bits per heavy atom. The molecular weight excluding hydrogens is 309 g/mol. The second kappa shape index (κ2) is 5.00. The third-order valence-electron chi connectivity index (χ3n) is 4.78. The summed E-state index contributed by atoms with van der Waals surface area (Å²) in [5, 5.41) is 9.02. The predicted molar refractivity (Wildman–Crippen MR) is 106 cm³/mol. The van der Waals surface area contributed by atoms with E-state index in [0.29, 0.717) is 0 Å². The van der Waals surface area contributed by atoms with Crippen LogP contribution in [0.3, 0.4) is 0 Å². The number of hydrogen-bond acceptors (Lipinski definition) is 1. The Kier molecular flexibility index (Phi) is 2.89. The van der Waals surface area contributed by atoms with Gasteiger partial charge in [-0.2, -0.15) is 0 Å². The molecule has 0 N–H and O–H groups in total. The van der Waals surface area contributed by atoms with Crippen molar-refractivity contribution in [1.29, 1.82) is 0 Å². The minimum absolute atomic E-state index is 1.04. The maximum Gasteiger partial charge on any atom is 0.0764 e. The third kappa shape index (κ3) is 2.09. The van der Waals surface area contributed by atoms with Gasteiger partial charge in [0.05, 0.1) is 5.52 Å². The Balaban J connectivity index is 1.94. The smallest absolute Gasteiger partial charge is 0.0764 e. The van der Waals surface area contributed by atoms with Crippen LogP contribution in [-0.2, 0) is 0 Å².